The number of nitrogen functional groups attached to an aromatic ring is 1. The van der Waals surface area contributed by atoms with Crippen LogP contribution in [0, 0.1) is 17.5 Å². The van der Waals surface area contributed by atoms with Crippen molar-refractivity contribution in [3.63, 3.8) is 0 Å². The third kappa shape index (κ3) is 2.74. The number of hydrogen-bond donors (Lipinski definition) is 2. The summed E-state index contributed by atoms with van der Waals surface area (Å²) >= 11 is 0. The van der Waals surface area contributed by atoms with Crippen molar-refractivity contribution in [2.24, 2.45) is 0 Å². The lowest BCUT2D eigenvalue weighted by Crippen LogP contribution is -2.03. The zero-order valence-electron chi connectivity index (χ0n) is 9.38. The van der Waals surface area contributed by atoms with E-state index in [0.29, 0.717) is 16.9 Å². The van der Waals surface area contributed by atoms with Crippen molar-refractivity contribution in [3.05, 3.63) is 59.4 Å². The van der Waals surface area contributed by atoms with Gasteiger partial charge in [-0.1, -0.05) is 6.07 Å². The van der Waals surface area contributed by atoms with Crippen LogP contribution in [0.15, 0.2) is 36.4 Å². The van der Waals surface area contributed by atoms with Gasteiger partial charge in [-0.25, -0.2) is 13.2 Å². The van der Waals surface area contributed by atoms with Crippen LogP contribution < -0.4 is 11.1 Å². The monoisotopic (exact) mass is 252 g/mol. The normalized spacial score (nSPS) is 10.4. The zero-order chi connectivity index (χ0) is 13.1. The quantitative estimate of drug-likeness (QED) is 0.822. The Bertz CT molecular complexity index is 570. The van der Waals surface area contributed by atoms with Gasteiger partial charge < -0.3 is 11.1 Å². The van der Waals surface area contributed by atoms with E-state index in [4.69, 9.17) is 5.73 Å². The first-order chi connectivity index (χ1) is 8.56. The standard InChI is InChI=1S/C13H11F3N2/c14-9-2-4-12(17)13(6-9)18-7-8-1-3-10(15)11(16)5-8/h1-6,18H,7,17H2. The number of nitrogens with one attached hydrogen (secondary N) is 1. The molecular weight excluding hydrogens is 241 g/mol. The molecule has 2 aromatic carbocycles. The summed E-state index contributed by atoms with van der Waals surface area (Å²) in [5.41, 5.74) is 6.99. The molecular formula is C13H11F3N2. The van der Waals surface area contributed by atoms with E-state index >= 15 is 0 Å². The van der Waals surface area contributed by atoms with Crippen LogP contribution in [-0.2, 0) is 6.54 Å². The first kappa shape index (κ1) is 12.3. The van der Waals surface area contributed by atoms with Crippen molar-refractivity contribution in [2.45, 2.75) is 6.54 Å². The molecule has 0 atom stereocenters. The van der Waals surface area contributed by atoms with Crippen molar-refractivity contribution >= 4 is 11.4 Å². The van der Waals surface area contributed by atoms with Gasteiger partial charge in [0.15, 0.2) is 11.6 Å². The van der Waals surface area contributed by atoms with Gasteiger partial charge in [-0.2, -0.15) is 0 Å². The first-order valence-corrected chi connectivity index (χ1v) is 5.29. The van der Waals surface area contributed by atoms with E-state index in [1.807, 2.05) is 0 Å². The molecule has 0 saturated heterocycles. The van der Waals surface area contributed by atoms with Crippen molar-refractivity contribution in [3.8, 4) is 0 Å². The summed E-state index contributed by atoms with van der Waals surface area (Å²) in [4.78, 5) is 0. The Morgan fingerprint density at radius 3 is 2.44 bits per heavy atom. The largest absolute Gasteiger partial charge is 0.397 e. The minimum Gasteiger partial charge on any atom is -0.397 e. The van der Waals surface area contributed by atoms with Gasteiger partial charge in [0.1, 0.15) is 5.82 Å². The van der Waals surface area contributed by atoms with E-state index in [-0.39, 0.29) is 6.54 Å². The fourth-order valence-corrected chi connectivity index (χ4v) is 1.53. The molecule has 0 unspecified atom stereocenters. The highest BCUT2D eigenvalue weighted by molar-refractivity contribution is 5.65. The number of rotatable bonds is 3. The van der Waals surface area contributed by atoms with Crippen LogP contribution in [0.2, 0.25) is 0 Å². The van der Waals surface area contributed by atoms with Crippen molar-refractivity contribution < 1.29 is 13.2 Å². The van der Waals surface area contributed by atoms with Crippen molar-refractivity contribution in [1.82, 2.24) is 0 Å². The summed E-state index contributed by atoms with van der Waals surface area (Å²) in [5.74, 6) is -2.23. The molecule has 0 saturated carbocycles. The molecule has 0 spiro atoms. The number of nitrogens with two attached hydrogens (primary N) is 1. The van der Waals surface area contributed by atoms with E-state index in [1.54, 1.807) is 0 Å². The summed E-state index contributed by atoms with van der Waals surface area (Å²) in [5, 5.41) is 2.86. The van der Waals surface area contributed by atoms with Gasteiger partial charge in [-0.15, -0.1) is 0 Å². The second-order valence-corrected chi connectivity index (χ2v) is 3.83. The predicted molar refractivity (Wildman–Crippen MR) is 64.5 cm³/mol. The smallest absolute Gasteiger partial charge is 0.159 e. The summed E-state index contributed by atoms with van der Waals surface area (Å²) < 4.78 is 38.7. The SMILES string of the molecule is Nc1ccc(F)cc1NCc1ccc(F)c(F)c1. The number of hydrogen-bond acceptors (Lipinski definition) is 2. The number of benzene rings is 2. The number of anilines is 2. The average Bonchev–Trinajstić information content (AvgIpc) is 2.34. The van der Waals surface area contributed by atoms with Crippen LogP contribution >= 0.6 is 0 Å². The fourth-order valence-electron chi connectivity index (χ4n) is 1.53. The Kier molecular flexibility index (Phi) is 3.41. The lowest BCUT2D eigenvalue weighted by molar-refractivity contribution is 0.507. The molecule has 0 aliphatic heterocycles. The topological polar surface area (TPSA) is 38.0 Å². The summed E-state index contributed by atoms with van der Waals surface area (Å²) in [6, 6.07) is 7.50. The van der Waals surface area contributed by atoms with E-state index in [0.717, 1.165) is 12.1 Å². The van der Waals surface area contributed by atoms with Crippen LogP contribution in [0.4, 0.5) is 24.5 Å². The molecule has 0 radical (unpaired) electrons. The van der Waals surface area contributed by atoms with Gasteiger partial charge in [-0.05, 0) is 35.9 Å². The predicted octanol–water partition coefficient (Wildman–Crippen LogP) is 3.30. The number of halogens is 3. The Morgan fingerprint density at radius 1 is 0.944 bits per heavy atom. The van der Waals surface area contributed by atoms with E-state index in [1.165, 1.54) is 24.3 Å². The van der Waals surface area contributed by atoms with Gasteiger partial charge >= 0.3 is 0 Å². The van der Waals surface area contributed by atoms with Gasteiger partial charge in [0.05, 0.1) is 11.4 Å². The lowest BCUT2D eigenvalue weighted by Gasteiger charge is -2.09. The van der Waals surface area contributed by atoms with Gasteiger partial charge in [-0.3, -0.25) is 0 Å². The Morgan fingerprint density at radius 2 is 1.72 bits per heavy atom. The Hall–Kier alpha value is -2.17. The highest BCUT2D eigenvalue weighted by Crippen LogP contribution is 2.20. The van der Waals surface area contributed by atoms with Crippen LogP contribution in [0.25, 0.3) is 0 Å². The van der Waals surface area contributed by atoms with Crippen molar-refractivity contribution in [1.29, 1.82) is 0 Å². The first-order valence-electron chi connectivity index (χ1n) is 5.29. The second-order valence-electron chi connectivity index (χ2n) is 3.83. The van der Waals surface area contributed by atoms with E-state index in [2.05, 4.69) is 5.32 Å². The third-order valence-corrected chi connectivity index (χ3v) is 2.48. The van der Waals surface area contributed by atoms with Gasteiger partial charge in [0.25, 0.3) is 0 Å². The molecule has 0 aliphatic rings. The minimum atomic E-state index is -0.915. The maximum atomic E-state index is 13.0. The molecule has 5 heteroatoms. The molecule has 0 heterocycles. The van der Waals surface area contributed by atoms with E-state index in [9.17, 15) is 13.2 Å². The van der Waals surface area contributed by atoms with Crippen molar-refractivity contribution in [2.75, 3.05) is 11.1 Å². The Balaban J connectivity index is 2.11. The van der Waals surface area contributed by atoms with Gasteiger partial charge in [0.2, 0.25) is 0 Å². The maximum Gasteiger partial charge on any atom is 0.159 e. The molecule has 2 rings (SSSR count). The molecule has 3 N–H and O–H groups in total. The van der Waals surface area contributed by atoms with Crippen LogP contribution in [-0.4, -0.2) is 0 Å². The highest BCUT2D eigenvalue weighted by Gasteiger charge is 2.04. The third-order valence-electron chi connectivity index (χ3n) is 2.48. The molecule has 2 nitrogen and oxygen atoms in total. The maximum absolute atomic E-state index is 13.0. The summed E-state index contributed by atoms with van der Waals surface area (Å²) in [7, 11) is 0. The summed E-state index contributed by atoms with van der Waals surface area (Å²) in [6.45, 7) is 0.227. The Labute approximate surface area is 102 Å². The molecule has 0 amide bonds. The lowest BCUT2D eigenvalue weighted by atomic mass is 10.2. The van der Waals surface area contributed by atoms with Crippen LogP contribution in [0.3, 0.4) is 0 Å². The van der Waals surface area contributed by atoms with E-state index < -0.39 is 17.5 Å². The molecule has 0 bridgehead atoms. The molecule has 2 aromatic rings. The zero-order valence-corrected chi connectivity index (χ0v) is 9.38. The summed E-state index contributed by atoms with van der Waals surface area (Å²) in [6.07, 6.45) is 0. The molecule has 0 aromatic heterocycles. The molecule has 0 aliphatic carbocycles. The minimum absolute atomic E-state index is 0.227. The molecule has 18 heavy (non-hydrogen) atoms. The molecule has 94 valence electrons. The molecule has 0 fully saturated rings. The average molecular weight is 252 g/mol. The van der Waals surface area contributed by atoms with Gasteiger partial charge in [0, 0.05) is 6.54 Å². The van der Waals surface area contributed by atoms with Crippen LogP contribution in [0.1, 0.15) is 5.56 Å². The fraction of sp³-hybridized carbons (Fsp3) is 0.0769. The van der Waals surface area contributed by atoms with Crippen LogP contribution in [0.5, 0.6) is 0 Å². The highest BCUT2D eigenvalue weighted by atomic mass is 19.2. The second kappa shape index (κ2) is 5.00.